The standard InChI is InChI=1S/C27H33F2N5O5S/c1-5-34(27(32-3)9-8-17(14(2)12-27)26(38)39-4)25(37)21-23(36)22(35)18(13-33-21)24(31)40-20(30)10-15-6-7-16(28)11-19(15)29/h6-7,11,13-14,17,30-32,36H,5,8-10,12H2,1-4H3,(H,33,35)/t14-,17-,27?/m1/s1. The second kappa shape index (κ2) is 12.7. The number of methoxy groups -OCH3 is 1. The summed E-state index contributed by atoms with van der Waals surface area (Å²) in [6.07, 6.45) is 2.24. The minimum absolute atomic E-state index is 0.0532. The number of nitrogens with one attached hydrogen (secondary N) is 4. The summed E-state index contributed by atoms with van der Waals surface area (Å²) >= 11 is 0.571. The zero-order valence-electron chi connectivity index (χ0n) is 22.7. The van der Waals surface area contributed by atoms with Crippen molar-refractivity contribution in [1.82, 2.24) is 15.2 Å². The van der Waals surface area contributed by atoms with Crippen LogP contribution in [-0.2, 0) is 16.0 Å². The first kappa shape index (κ1) is 31.0. The quantitative estimate of drug-likeness (QED) is 0.139. The molecule has 2 aromatic rings. The molecule has 10 nitrogen and oxygen atoms in total. The van der Waals surface area contributed by atoms with E-state index in [0.29, 0.717) is 37.1 Å². The van der Waals surface area contributed by atoms with Crippen LogP contribution >= 0.6 is 11.8 Å². The topological polar surface area (TPSA) is 159 Å². The number of H-pyrrole nitrogens is 1. The van der Waals surface area contributed by atoms with Crippen molar-refractivity contribution >= 4 is 33.7 Å². The molecule has 40 heavy (non-hydrogen) atoms. The largest absolute Gasteiger partial charge is 0.503 e. The first-order valence-corrected chi connectivity index (χ1v) is 13.5. The summed E-state index contributed by atoms with van der Waals surface area (Å²) in [7, 11) is 3.05. The molecule has 3 atom stereocenters. The molecule has 0 spiro atoms. The van der Waals surface area contributed by atoms with Gasteiger partial charge >= 0.3 is 5.97 Å². The molecule has 216 valence electrons. The molecule has 1 aromatic carbocycles. The molecule has 0 radical (unpaired) electrons. The van der Waals surface area contributed by atoms with Crippen LogP contribution in [0.4, 0.5) is 8.78 Å². The molecule has 5 N–H and O–H groups in total. The first-order chi connectivity index (χ1) is 18.9. The van der Waals surface area contributed by atoms with Crippen molar-refractivity contribution in [2.45, 2.75) is 45.2 Å². The number of aromatic amines is 1. The maximum Gasteiger partial charge on any atom is 0.308 e. The number of thioether (sulfide) groups is 1. The van der Waals surface area contributed by atoms with Gasteiger partial charge in [-0.1, -0.05) is 24.8 Å². The summed E-state index contributed by atoms with van der Waals surface area (Å²) in [6.45, 7) is 3.91. The van der Waals surface area contributed by atoms with E-state index < -0.39 is 39.4 Å². The van der Waals surface area contributed by atoms with E-state index in [2.05, 4.69) is 10.3 Å². The van der Waals surface area contributed by atoms with Gasteiger partial charge in [0.05, 0.1) is 29.3 Å². The Morgan fingerprint density at radius 2 is 2.02 bits per heavy atom. The molecule has 3 rings (SSSR count). The molecule has 1 aliphatic rings. The molecular formula is C27H33F2N5O5S. The highest BCUT2D eigenvalue weighted by atomic mass is 32.2. The minimum atomic E-state index is -0.974. The second-order valence-electron chi connectivity index (χ2n) is 9.70. The van der Waals surface area contributed by atoms with Crippen molar-refractivity contribution in [3.05, 3.63) is 63.1 Å². The highest BCUT2D eigenvalue weighted by Crippen LogP contribution is 2.39. The first-order valence-electron chi connectivity index (χ1n) is 12.7. The molecule has 1 saturated carbocycles. The number of hydrogen-bond donors (Lipinski definition) is 5. The minimum Gasteiger partial charge on any atom is -0.503 e. The van der Waals surface area contributed by atoms with Crippen LogP contribution in [0.3, 0.4) is 0 Å². The average molecular weight is 578 g/mol. The lowest BCUT2D eigenvalue weighted by Crippen LogP contribution is -2.63. The molecule has 1 heterocycles. The van der Waals surface area contributed by atoms with E-state index in [9.17, 15) is 28.3 Å². The predicted molar refractivity (Wildman–Crippen MR) is 148 cm³/mol. The Morgan fingerprint density at radius 1 is 1.32 bits per heavy atom. The van der Waals surface area contributed by atoms with Crippen LogP contribution in [0, 0.1) is 34.3 Å². The summed E-state index contributed by atoms with van der Waals surface area (Å²) < 4.78 is 32.0. The third-order valence-electron chi connectivity index (χ3n) is 7.37. The zero-order valence-corrected chi connectivity index (χ0v) is 23.5. The maximum atomic E-state index is 13.9. The fraction of sp³-hybridized carbons (Fsp3) is 0.444. The van der Waals surface area contributed by atoms with E-state index >= 15 is 0 Å². The normalized spacial score (nSPS) is 20.6. The number of benzene rings is 1. The highest BCUT2D eigenvalue weighted by Gasteiger charge is 2.46. The SMILES string of the molecule is CCN(C(=O)c1[nH]cc(C(=N)SC(=N)Cc2ccc(F)cc2F)c(=O)c1O)C1(NC)CC[C@@H](C(=O)OC)[C@H](C)C1. The summed E-state index contributed by atoms with van der Waals surface area (Å²) in [5, 5.41) is 29.7. The average Bonchev–Trinajstić information content (AvgIpc) is 2.91. The number of nitrogens with zero attached hydrogens (tertiary/aromatic N) is 1. The van der Waals surface area contributed by atoms with Crippen LogP contribution in [0.1, 0.15) is 54.7 Å². The highest BCUT2D eigenvalue weighted by molar-refractivity contribution is 8.26. The smallest absolute Gasteiger partial charge is 0.308 e. The lowest BCUT2D eigenvalue weighted by atomic mass is 9.73. The number of hydrogen-bond acceptors (Lipinski definition) is 9. The van der Waals surface area contributed by atoms with E-state index in [0.717, 1.165) is 12.3 Å². The Labute approximate surface area is 234 Å². The van der Waals surface area contributed by atoms with E-state index in [4.69, 9.17) is 15.6 Å². The molecule has 0 bridgehead atoms. The third kappa shape index (κ3) is 6.25. The number of pyridine rings is 1. The Balaban J connectivity index is 1.81. The van der Waals surface area contributed by atoms with Crippen molar-refractivity contribution < 1.29 is 28.2 Å². The van der Waals surface area contributed by atoms with E-state index in [1.807, 2.05) is 6.92 Å². The number of esters is 1. The van der Waals surface area contributed by atoms with Gasteiger partial charge in [-0.05, 0) is 50.8 Å². The molecule has 1 unspecified atom stereocenters. The third-order valence-corrected chi connectivity index (χ3v) is 8.18. The number of carbonyl (C=O) groups excluding carboxylic acids is 2. The number of rotatable bonds is 8. The number of aromatic hydroxyl groups is 1. The van der Waals surface area contributed by atoms with Gasteiger partial charge in [-0.3, -0.25) is 30.5 Å². The monoisotopic (exact) mass is 577 g/mol. The number of ether oxygens (including phenoxy) is 1. The number of carbonyl (C=O) groups is 2. The summed E-state index contributed by atoms with van der Waals surface area (Å²) in [5.41, 5.74) is -2.39. The Morgan fingerprint density at radius 3 is 2.60 bits per heavy atom. The van der Waals surface area contributed by atoms with Gasteiger partial charge in [-0.25, -0.2) is 8.78 Å². The summed E-state index contributed by atoms with van der Waals surface area (Å²) in [5.74, 6) is -3.82. The summed E-state index contributed by atoms with van der Waals surface area (Å²) in [6, 6.07) is 2.95. The lowest BCUT2D eigenvalue weighted by molar-refractivity contribution is -0.150. The van der Waals surface area contributed by atoms with Crippen molar-refractivity contribution in [3.8, 4) is 5.75 Å². The van der Waals surface area contributed by atoms with Crippen LogP contribution in [0.2, 0.25) is 0 Å². The van der Waals surface area contributed by atoms with E-state index in [1.165, 1.54) is 18.1 Å². The van der Waals surface area contributed by atoms with Crippen LogP contribution in [0.5, 0.6) is 5.75 Å². The Kier molecular flexibility index (Phi) is 9.85. The molecule has 1 amide bonds. The van der Waals surface area contributed by atoms with Crippen molar-refractivity contribution in [2.75, 3.05) is 20.7 Å². The van der Waals surface area contributed by atoms with Gasteiger partial charge in [0.1, 0.15) is 16.7 Å². The van der Waals surface area contributed by atoms with Gasteiger partial charge in [-0.15, -0.1) is 0 Å². The van der Waals surface area contributed by atoms with Crippen LogP contribution in [0.25, 0.3) is 0 Å². The van der Waals surface area contributed by atoms with Crippen LogP contribution < -0.4 is 10.7 Å². The molecule has 1 aliphatic carbocycles. The number of aromatic nitrogens is 1. The van der Waals surface area contributed by atoms with Gasteiger partial charge in [-0.2, -0.15) is 0 Å². The molecule has 0 aliphatic heterocycles. The van der Waals surface area contributed by atoms with Crippen LogP contribution in [0.15, 0.2) is 29.2 Å². The zero-order chi connectivity index (χ0) is 29.8. The van der Waals surface area contributed by atoms with Gasteiger partial charge < -0.3 is 19.7 Å². The van der Waals surface area contributed by atoms with Crippen LogP contribution in [-0.4, -0.2) is 63.3 Å². The molecule has 13 heteroatoms. The van der Waals surface area contributed by atoms with Crippen molar-refractivity contribution in [1.29, 1.82) is 10.8 Å². The van der Waals surface area contributed by atoms with E-state index in [-0.39, 0.29) is 52.6 Å². The Bertz CT molecular complexity index is 1380. The number of halogens is 2. The number of amides is 1. The van der Waals surface area contributed by atoms with Crippen molar-refractivity contribution in [2.24, 2.45) is 11.8 Å². The molecular weight excluding hydrogens is 544 g/mol. The van der Waals surface area contributed by atoms with Gasteiger partial charge in [0.15, 0.2) is 11.4 Å². The fourth-order valence-electron chi connectivity index (χ4n) is 5.24. The molecule has 1 fully saturated rings. The second-order valence-corrected chi connectivity index (χ2v) is 10.8. The van der Waals surface area contributed by atoms with Gasteiger partial charge in [0.2, 0.25) is 5.43 Å². The lowest BCUT2D eigenvalue weighted by Gasteiger charge is -2.49. The van der Waals surface area contributed by atoms with Crippen molar-refractivity contribution in [3.63, 3.8) is 0 Å². The van der Waals surface area contributed by atoms with Gasteiger partial charge in [0, 0.05) is 25.2 Å². The Hall–Kier alpha value is -3.58. The molecule has 0 saturated heterocycles. The molecule has 1 aromatic heterocycles. The van der Waals surface area contributed by atoms with Gasteiger partial charge in [0.25, 0.3) is 5.91 Å². The fourth-order valence-corrected chi connectivity index (χ4v) is 5.98. The maximum absolute atomic E-state index is 13.9. The van der Waals surface area contributed by atoms with E-state index in [1.54, 1.807) is 14.0 Å². The summed E-state index contributed by atoms with van der Waals surface area (Å²) in [4.78, 5) is 42.9. The predicted octanol–water partition coefficient (Wildman–Crippen LogP) is 3.62.